The quantitative estimate of drug-likeness (QED) is 0.321. The van der Waals surface area contributed by atoms with Gasteiger partial charge < -0.3 is 30.4 Å². The first-order valence-corrected chi connectivity index (χ1v) is 10.2. The topological polar surface area (TPSA) is 153 Å². The van der Waals surface area contributed by atoms with Crippen LogP contribution in [0, 0.1) is 10.1 Å². The molecule has 34 heavy (non-hydrogen) atoms. The van der Waals surface area contributed by atoms with E-state index in [9.17, 15) is 20.3 Å². The lowest BCUT2D eigenvalue weighted by molar-refractivity contribution is -0.384. The first-order valence-electron chi connectivity index (χ1n) is 10.2. The zero-order valence-electron chi connectivity index (χ0n) is 17.5. The summed E-state index contributed by atoms with van der Waals surface area (Å²) in [5, 5.41) is 38.2. The van der Waals surface area contributed by atoms with Crippen molar-refractivity contribution in [3.8, 4) is 11.5 Å². The highest BCUT2D eigenvalue weighted by Crippen LogP contribution is 2.38. The summed E-state index contributed by atoms with van der Waals surface area (Å²) in [5.74, 6) is 0.324. The molecule has 2 aliphatic rings. The zero-order chi connectivity index (χ0) is 23.7. The predicted molar refractivity (Wildman–Crippen MR) is 122 cm³/mol. The van der Waals surface area contributed by atoms with Crippen LogP contribution in [0.5, 0.6) is 11.5 Å². The molecule has 0 aliphatic carbocycles. The van der Waals surface area contributed by atoms with E-state index in [1.165, 1.54) is 18.2 Å². The molecule has 3 aromatic rings. The molecule has 0 aromatic heterocycles. The van der Waals surface area contributed by atoms with Crippen molar-refractivity contribution in [1.82, 2.24) is 5.43 Å². The maximum Gasteiger partial charge on any atom is 0.271 e. The molecule has 5 rings (SSSR count). The number of nitro benzene ring substituents is 1. The molecule has 1 atom stereocenters. The van der Waals surface area contributed by atoms with E-state index in [1.54, 1.807) is 30.3 Å². The fraction of sp³-hybridized carbons (Fsp3) is 0.0870. The number of ether oxygens (including phenoxy) is 2. The van der Waals surface area contributed by atoms with E-state index < -0.39 is 16.9 Å². The van der Waals surface area contributed by atoms with Crippen LogP contribution >= 0.6 is 0 Å². The normalized spacial score (nSPS) is 16.0. The molecular weight excluding hydrogens is 442 g/mol. The molecule has 0 amide bonds. The van der Waals surface area contributed by atoms with Gasteiger partial charge in [0.15, 0.2) is 11.5 Å². The van der Waals surface area contributed by atoms with Gasteiger partial charge in [-0.05, 0) is 35.9 Å². The number of aliphatic hydroxyl groups is 1. The summed E-state index contributed by atoms with van der Waals surface area (Å²) in [6, 6.07) is 18.0. The van der Waals surface area contributed by atoms with Crippen molar-refractivity contribution >= 4 is 28.6 Å². The first kappa shape index (κ1) is 21.1. The summed E-state index contributed by atoms with van der Waals surface area (Å²) in [7, 11) is 0. The zero-order valence-corrected chi connectivity index (χ0v) is 17.5. The Morgan fingerprint density at radius 1 is 1.09 bits per heavy atom. The molecule has 11 nitrogen and oxygen atoms in total. The average molecular weight is 460 g/mol. The van der Waals surface area contributed by atoms with Crippen LogP contribution in [0.25, 0.3) is 0 Å². The molecule has 2 aliphatic heterocycles. The van der Waals surface area contributed by atoms with Crippen molar-refractivity contribution in [2.75, 3.05) is 17.5 Å². The van der Waals surface area contributed by atoms with Gasteiger partial charge in [-0.1, -0.05) is 24.3 Å². The molecule has 0 saturated carbocycles. The van der Waals surface area contributed by atoms with E-state index in [-0.39, 0.29) is 29.6 Å². The Morgan fingerprint density at radius 3 is 2.68 bits per heavy atom. The van der Waals surface area contributed by atoms with Crippen molar-refractivity contribution in [3.05, 3.63) is 93.8 Å². The number of nitro groups is 1. The molecule has 0 fully saturated rings. The molecular formula is C23H18N5O6-. The second-order valence-corrected chi connectivity index (χ2v) is 7.42. The van der Waals surface area contributed by atoms with Crippen LogP contribution in [0.2, 0.25) is 0 Å². The van der Waals surface area contributed by atoms with Gasteiger partial charge in [-0.15, -0.1) is 0 Å². The molecule has 0 bridgehead atoms. The SMILES string of the molecule is O=[N+]([O-])c1ccc2c(c1)N=C([O-])C(=C(NNc1ccccc1)C(O)c1ccc3c(c1)OCO3)N2. The van der Waals surface area contributed by atoms with Crippen LogP contribution < -0.4 is 30.7 Å². The number of nitrogens with one attached hydrogen (secondary N) is 3. The number of non-ortho nitro benzene ring substituents is 1. The van der Waals surface area contributed by atoms with Crippen molar-refractivity contribution in [3.63, 3.8) is 0 Å². The molecule has 11 heteroatoms. The lowest BCUT2D eigenvalue weighted by Crippen LogP contribution is -2.35. The lowest BCUT2D eigenvalue weighted by atomic mass is 10.0. The number of aliphatic imine (C=N–C) groups is 1. The second kappa shape index (κ2) is 8.64. The van der Waals surface area contributed by atoms with E-state index in [0.29, 0.717) is 28.4 Å². The number of hydrazine groups is 1. The monoisotopic (exact) mass is 460 g/mol. The lowest BCUT2D eigenvalue weighted by Gasteiger charge is -2.29. The maximum absolute atomic E-state index is 12.9. The van der Waals surface area contributed by atoms with Crippen LogP contribution in [0.1, 0.15) is 11.7 Å². The van der Waals surface area contributed by atoms with Gasteiger partial charge in [0.25, 0.3) is 5.69 Å². The largest absolute Gasteiger partial charge is 0.857 e. The number of nitrogens with zero attached hydrogens (tertiary/aromatic N) is 2. The number of benzene rings is 3. The molecule has 3 aromatic carbocycles. The van der Waals surface area contributed by atoms with Gasteiger partial charge >= 0.3 is 0 Å². The highest BCUT2D eigenvalue weighted by atomic mass is 16.7. The Morgan fingerprint density at radius 2 is 1.88 bits per heavy atom. The summed E-state index contributed by atoms with van der Waals surface area (Å²) >= 11 is 0. The van der Waals surface area contributed by atoms with Gasteiger partial charge in [-0.25, -0.2) is 0 Å². The van der Waals surface area contributed by atoms with Crippen molar-refractivity contribution in [1.29, 1.82) is 0 Å². The second-order valence-electron chi connectivity index (χ2n) is 7.42. The van der Waals surface area contributed by atoms with Gasteiger partial charge in [-0.2, -0.15) is 0 Å². The Balaban J connectivity index is 1.54. The van der Waals surface area contributed by atoms with Gasteiger partial charge in [0.1, 0.15) is 6.10 Å². The number of anilines is 2. The summed E-state index contributed by atoms with van der Waals surface area (Å²) in [6.07, 6.45) is -1.29. The highest BCUT2D eigenvalue weighted by molar-refractivity contribution is 6.00. The van der Waals surface area contributed by atoms with E-state index in [4.69, 9.17) is 9.47 Å². The predicted octanol–water partition coefficient (Wildman–Crippen LogP) is 2.70. The number of hydrogen-bond donors (Lipinski definition) is 4. The summed E-state index contributed by atoms with van der Waals surface area (Å²) in [4.78, 5) is 14.5. The summed E-state index contributed by atoms with van der Waals surface area (Å²) < 4.78 is 10.7. The van der Waals surface area contributed by atoms with Crippen LogP contribution in [-0.4, -0.2) is 22.7 Å². The summed E-state index contributed by atoms with van der Waals surface area (Å²) in [6.45, 7) is 0.0818. The smallest absolute Gasteiger partial charge is 0.271 e. The third-order valence-electron chi connectivity index (χ3n) is 5.26. The average Bonchev–Trinajstić information content (AvgIpc) is 3.32. The number of aliphatic hydroxyl groups excluding tert-OH is 1. The summed E-state index contributed by atoms with van der Waals surface area (Å²) in [5.41, 5.74) is 7.43. The third-order valence-corrected chi connectivity index (χ3v) is 5.26. The van der Waals surface area contributed by atoms with Crippen LogP contribution in [0.4, 0.5) is 22.7 Å². The first-order chi connectivity index (χ1) is 16.5. The number of fused-ring (bicyclic) bond motifs is 2. The number of rotatable bonds is 6. The molecule has 0 saturated heterocycles. The number of hydrogen-bond acceptors (Lipinski definition) is 10. The van der Waals surface area contributed by atoms with Gasteiger partial charge in [0, 0.05) is 18.0 Å². The minimum absolute atomic E-state index is 0.0186. The molecule has 1 unspecified atom stereocenters. The van der Waals surface area contributed by atoms with Crippen LogP contribution in [-0.2, 0) is 0 Å². The van der Waals surface area contributed by atoms with Gasteiger partial charge in [0.2, 0.25) is 6.79 Å². The minimum Gasteiger partial charge on any atom is -0.857 e. The van der Waals surface area contributed by atoms with E-state index in [1.807, 2.05) is 18.2 Å². The van der Waals surface area contributed by atoms with Crippen LogP contribution in [0.15, 0.2) is 83.1 Å². The van der Waals surface area contributed by atoms with Gasteiger partial charge in [0.05, 0.1) is 33.4 Å². The third kappa shape index (κ3) is 4.02. The fourth-order valence-corrected chi connectivity index (χ4v) is 3.55. The van der Waals surface area contributed by atoms with Crippen molar-refractivity contribution in [2.24, 2.45) is 4.99 Å². The molecule has 2 heterocycles. The van der Waals surface area contributed by atoms with E-state index >= 15 is 0 Å². The maximum atomic E-state index is 12.9. The standard InChI is InChI=1S/C23H19N5O6/c29-22(13-6-9-18-19(10-13)34-12-33-18)20(27-26-14-4-2-1-3-5-14)21-23(30)25-17-11-15(28(31)32)7-8-16(17)24-21/h1-11,22,24,26-27,29H,12H2,(H,25,30)/p-1. The Labute approximate surface area is 193 Å². The Hall–Kier alpha value is -4.77. The molecule has 172 valence electrons. The Bertz CT molecular complexity index is 1320. The van der Waals surface area contributed by atoms with E-state index in [2.05, 4.69) is 21.2 Å². The Kier molecular flexibility index (Phi) is 5.36. The fourth-order valence-electron chi connectivity index (χ4n) is 3.55. The molecule has 4 N–H and O–H groups in total. The minimum atomic E-state index is -1.29. The van der Waals surface area contributed by atoms with Crippen molar-refractivity contribution < 1.29 is 24.6 Å². The highest BCUT2D eigenvalue weighted by Gasteiger charge is 2.25. The molecule has 0 spiro atoms. The molecule has 0 radical (unpaired) electrons. The van der Waals surface area contributed by atoms with Gasteiger partial charge in [-0.3, -0.25) is 20.5 Å². The van der Waals surface area contributed by atoms with Crippen LogP contribution in [0.3, 0.4) is 0 Å². The number of para-hydroxylation sites is 1. The van der Waals surface area contributed by atoms with Crippen molar-refractivity contribution in [2.45, 2.75) is 6.10 Å². The van der Waals surface area contributed by atoms with E-state index in [0.717, 1.165) is 0 Å².